The molecule has 1 N–H and O–H groups in total. The van der Waals surface area contributed by atoms with Crippen LogP contribution in [0.25, 0.3) is 0 Å². The van der Waals surface area contributed by atoms with Gasteiger partial charge in [-0.25, -0.2) is 4.98 Å². The molecule has 16 heavy (non-hydrogen) atoms. The highest BCUT2D eigenvalue weighted by Crippen LogP contribution is 2.10. The van der Waals surface area contributed by atoms with Gasteiger partial charge < -0.3 is 9.73 Å². The molecule has 1 unspecified atom stereocenters. The number of aromatic nitrogens is 1. The van der Waals surface area contributed by atoms with Crippen LogP contribution in [-0.4, -0.2) is 22.8 Å². The zero-order chi connectivity index (χ0) is 12.1. The first kappa shape index (κ1) is 13.0. The Bertz CT molecular complexity index is 350. The number of nitrogens with zero attached hydrogens (tertiary/aromatic N) is 1. The molecule has 90 valence electrons. The van der Waals surface area contributed by atoms with Gasteiger partial charge in [0.2, 0.25) is 5.76 Å². The van der Waals surface area contributed by atoms with E-state index in [1.54, 1.807) is 6.92 Å². The molecule has 0 fully saturated rings. The van der Waals surface area contributed by atoms with E-state index >= 15 is 0 Å². The molecule has 0 saturated heterocycles. The van der Waals surface area contributed by atoms with Crippen molar-refractivity contribution in [3.63, 3.8) is 0 Å². The summed E-state index contributed by atoms with van der Waals surface area (Å²) in [5, 5.41) is 2.68. The topological polar surface area (TPSA) is 55.1 Å². The van der Waals surface area contributed by atoms with Crippen LogP contribution in [0.5, 0.6) is 0 Å². The summed E-state index contributed by atoms with van der Waals surface area (Å²) in [6.07, 6.45) is 2.13. The van der Waals surface area contributed by atoms with Crippen LogP contribution in [0.1, 0.15) is 36.5 Å². The molecule has 1 atom stereocenters. The van der Waals surface area contributed by atoms with Gasteiger partial charge in [-0.1, -0.05) is 13.8 Å². The van der Waals surface area contributed by atoms with Gasteiger partial charge in [-0.2, -0.15) is 0 Å². The van der Waals surface area contributed by atoms with Crippen LogP contribution in [0.2, 0.25) is 0 Å². The van der Waals surface area contributed by atoms with E-state index in [-0.39, 0.29) is 17.0 Å². The van der Waals surface area contributed by atoms with Crippen molar-refractivity contribution < 1.29 is 9.21 Å². The molecular formula is C11H17ClN2O2. The van der Waals surface area contributed by atoms with Crippen LogP contribution >= 0.6 is 11.6 Å². The Hall–Kier alpha value is -1.03. The lowest BCUT2D eigenvalue weighted by Gasteiger charge is -2.12. The third-order valence-electron chi connectivity index (χ3n) is 2.16. The quantitative estimate of drug-likeness (QED) is 0.809. The molecule has 1 amide bonds. The summed E-state index contributed by atoms with van der Waals surface area (Å²) in [5.41, 5.74) is 0.590. The maximum atomic E-state index is 11.6. The van der Waals surface area contributed by atoms with Gasteiger partial charge in [0.25, 0.3) is 5.91 Å². The van der Waals surface area contributed by atoms with Crippen molar-refractivity contribution >= 4 is 17.5 Å². The second kappa shape index (κ2) is 5.89. The second-order valence-electron chi connectivity index (χ2n) is 4.20. The maximum absolute atomic E-state index is 11.6. The third-order valence-corrected chi connectivity index (χ3v) is 2.50. The summed E-state index contributed by atoms with van der Waals surface area (Å²) in [6, 6.07) is 0. The molecule has 0 aliphatic carbocycles. The minimum atomic E-state index is -0.260. The van der Waals surface area contributed by atoms with E-state index in [2.05, 4.69) is 24.1 Å². The fraction of sp³-hybridized carbons (Fsp3) is 0.636. The number of amides is 1. The van der Waals surface area contributed by atoms with Crippen molar-refractivity contribution in [2.45, 2.75) is 32.6 Å². The van der Waals surface area contributed by atoms with Gasteiger partial charge in [-0.15, -0.1) is 11.6 Å². The fourth-order valence-corrected chi connectivity index (χ4v) is 1.83. The first-order valence-electron chi connectivity index (χ1n) is 5.33. The van der Waals surface area contributed by atoms with Crippen LogP contribution in [0, 0.1) is 12.8 Å². The molecule has 0 radical (unpaired) electrons. The number of carbonyl (C=O) groups is 1. The van der Waals surface area contributed by atoms with Crippen LogP contribution < -0.4 is 5.32 Å². The Kier molecular flexibility index (Phi) is 4.80. The van der Waals surface area contributed by atoms with E-state index in [0.717, 1.165) is 6.42 Å². The van der Waals surface area contributed by atoms with E-state index in [4.69, 9.17) is 16.0 Å². The number of hydrogen-bond acceptors (Lipinski definition) is 3. The summed E-state index contributed by atoms with van der Waals surface area (Å²) in [6.45, 7) is 6.36. The van der Waals surface area contributed by atoms with Crippen molar-refractivity contribution in [2.75, 3.05) is 6.54 Å². The predicted molar refractivity (Wildman–Crippen MR) is 62.7 cm³/mol. The number of rotatable bonds is 5. The average molecular weight is 245 g/mol. The number of oxazole rings is 1. The van der Waals surface area contributed by atoms with Gasteiger partial charge in [0, 0.05) is 6.54 Å². The highest BCUT2D eigenvalue weighted by molar-refractivity contribution is 6.20. The van der Waals surface area contributed by atoms with Gasteiger partial charge in [-0.05, 0) is 19.3 Å². The SMILES string of the molecule is Cc1ncoc1C(=O)NCC(Cl)CC(C)C. The fourth-order valence-electron chi connectivity index (χ4n) is 1.40. The van der Waals surface area contributed by atoms with E-state index in [9.17, 15) is 4.79 Å². The monoisotopic (exact) mass is 244 g/mol. The van der Waals surface area contributed by atoms with Crippen LogP contribution in [0.3, 0.4) is 0 Å². The zero-order valence-corrected chi connectivity index (χ0v) is 10.5. The second-order valence-corrected chi connectivity index (χ2v) is 4.82. The van der Waals surface area contributed by atoms with Crippen molar-refractivity contribution in [3.8, 4) is 0 Å². The predicted octanol–water partition coefficient (Wildman–Crippen LogP) is 2.37. The van der Waals surface area contributed by atoms with E-state index in [1.165, 1.54) is 6.39 Å². The number of nitrogens with one attached hydrogen (secondary N) is 1. The first-order valence-corrected chi connectivity index (χ1v) is 5.76. The number of aryl methyl sites for hydroxylation is 1. The Labute approximate surface area is 100 Å². The van der Waals surface area contributed by atoms with Gasteiger partial charge >= 0.3 is 0 Å². The normalized spacial score (nSPS) is 12.8. The van der Waals surface area contributed by atoms with Crippen molar-refractivity contribution in [1.29, 1.82) is 0 Å². The molecule has 1 heterocycles. The molecule has 0 bridgehead atoms. The third kappa shape index (κ3) is 3.85. The molecule has 5 heteroatoms. The van der Waals surface area contributed by atoms with E-state index in [0.29, 0.717) is 18.2 Å². The van der Waals surface area contributed by atoms with Crippen LogP contribution in [0.15, 0.2) is 10.8 Å². The molecule has 1 rings (SSSR count). The summed E-state index contributed by atoms with van der Waals surface area (Å²) in [7, 11) is 0. The lowest BCUT2D eigenvalue weighted by Crippen LogP contribution is -2.30. The lowest BCUT2D eigenvalue weighted by molar-refractivity contribution is 0.0924. The molecule has 4 nitrogen and oxygen atoms in total. The number of alkyl halides is 1. The molecular weight excluding hydrogens is 228 g/mol. The molecule has 0 aromatic carbocycles. The minimum absolute atomic E-state index is 0.0489. The van der Waals surface area contributed by atoms with E-state index < -0.39 is 0 Å². The standard InChI is InChI=1S/C11H17ClN2O2/c1-7(2)4-9(12)5-13-11(15)10-8(3)14-6-16-10/h6-7,9H,4-5H2,1-3H3,(H,13,15). The zero-order valence-electron chi connectivity index (χ0n) is 9.79. The smallest absolute Gasteiger partial charge is 0.289 e. The van der Waals surface area contributed by atoms with E-state index in [1.807, 2.05) is 0 Å². The van der Waals surface area contributed by atoms with Crippen molar-refractivity contribution in [2.24, 2.45) is 5.92 Å². The average Bonchev–Trinajstić information content (AvgIpc) is 2.60. The van der Waals surface area contributed by atoms with Gasteiger partial charge in [0.15, 0.2) is 6.39 Å². The molecule has 0 aliphatic rings. The number of halogens is 1. The summed E-state index contributed by atoms with van der Waals surface area (Å²) >= 11 is 6.06. The largest absolute Gasteiger partial charge is 0.438 e. The molecule has 0 saturated carbocycles. The van der Waals surface area contributed by atoms with Gasteiger partial charge in [-0.3, -0.25) is 4.79 Å². The van der Waals surface area contributed by atoms with Gasteiger partial charge in [0.1, 0.15) is 0 Å². The highest BCUT2D eigenvalue weighted by atomic mass is 35.5. The Morgan fingerprint density at radius 3 is 2.81 bits per heavy atom. The first-order chi connectivity index (χ1) is 7.50. The summed E-state index contributed by atoms with van der Waals surface area (Å²) < 4.78 is 4.97. The molecule has 0 aliphatic heterocycles. The van der Waals surface area contributed by atoms with Gasteiger partial charge in [0.05, 0.1) is 11.1 Å². The Balaban J connectivity index is 2.39. The lowest BCUT2D eigenvalue weighted by atomic mass is 10.1. The highest BCUT2D eigenvalue weighted by Gasteiger charge is 2.15. The summed E-state index contributed by atoms with van der Waals surface area (Å²) in [5.74, 6) is 0.518. The molecule has 1 aromatic rings. The minimum Gasteiger partial charge on any atom is -0.438 e. The number of hydrogen-bond donors (Lipinski definition) is 1. The van der Waals surface area contributed by atoms with Crippen molar-refractivity contribution in [3.05, 3.63) is 17.8 Å². The van der Waals surface area contributed by atoms with Crippen LogP contribution in [-0.2, 0) is 0 Å². The van der Waals surface area contributed by atoms with Crippen molar-refractivity contribution in [1.82, 2.24) is 10.3 Å². The Morgan fingerprint density at radius 1 is 1.62 bits per heavy atom. The summed E-state index contributed by atoms with van der Waals surface area (Å²) in [4.78, 5) is 15.5. The maximum Gasteiger partial charge on any atom is 0.289 e. The van der Waals surface area contributed by atoms with Crippen LogP contribution in [0.4, 0.5) is 0 Å². The molecule has 1 aromatic heterocycles. The molecule has 0 spiro atoms. The Morgan fingerprint density at radius 2 is 2.31 bits per heavy atom. The number of carbonyl (C=O) groups excluding carboxylic acids is 1.